The summed E-state index contributed by atoms with van der Waals surface area (Å²) in [6.07, 6.45) is -0.871. The van der Waals surface area contributed by atoms with Crippen LogP contribution in [0.3, 0.4) is 0 Å². The van der Waals surface area contributed by atoms with Gasteiger partial charge in [-0.25, -0.2) is 4.39 Å². The van der Waals surface area contributed by atoms with Crippen LogP contribution in [0.25, 0.3) is 10.9 Å². The Hall–Kier alpha value is -2.07. The summed E-state index contributed by atoms with van der Waals surface area (Å²) in [5, 5.41) is 11.2. The third-order valence-corrected chi connectivity index (χ3v) is 9.03. The van der Waals surface area contributed by atoms with Crippen molar-refractivity contribution in [2.75, 3.05) is 39.1 Å². The maximum absolute atomic E-state index is 15.6. The Morgan fingerprint density at radius 3 is 2.51 bits per heavy atom. The molecule has 0 saturated carbocycles. The number of nitrogens with zero attached hydrogens (tertiary/aromatic N) is 2. The van der Waals surface area contributed by atoms with E-state index in [1.807, 2.05) is 0 Å². The molecule has 1 fully saturated rings. The van der Waals surface area contributed by atoms with E-state index in [1.165, 1.54) is 18.3 Å². The quantitative estimate of drug-likeness (QED) is 0.141. The Morgan fingerprint density at radius 2 is 1.87 bits per heavy atom. The molecule has 0 aliphatic carbocycles. The van der Waals surface area contributed by atoms with E-state index in [0.717, 1.165) is 61.7 Å². The zero-order valence-corrected chi connectivity index (χ0v) is 23.4. The lowest BCUT2D eigenvalue weighted by molar-refractivity contribution is -0.137. The summed E-state index contributed by atoms with van der Waals surface area (Å²) in [6.45, 7) is 2.52. The molecule has 212 valence electrons. The maximum Gasteiger partial charge on any atom is 0.416 e. The van der Waals surface area contributed by atoms with Crippen LogP contribution >= 0.6 is 23.4 Å². The van der Waals surface area contributed by atoms with Crippen molar-refractivity contribution in [2.24, 2.45) is 5.41 Å². The van der Waals surface area contributed by atoms with Crippen LogP contribution in [0.2, 0.25) is 5.02 Å². The summed E-state index contributed by atoms with van der Waals surface area (Å²) in [6, 6.07) is 10.6. The van der Waals surface area contributed by atoms with Crippen molar-refractivity contribution in [3.05, 3.63) is 64.8 Å². The van der Waals surface area contributed by atoms with Crippen LogP contribution in [0.1, 0.15) is 49.4 Å². The summed E-state index contributed by atoms with van der Waals surface area (Å²) in [7, 11) is 1.56. The minimum absolute atomic E-state index is 0.00990. The number of fused-ring (bicyclic) bond motifs is 1. The smallest absolute Gasteiger partial charge is 0.416 e. The lowest BCUT2D eigenvalue weighted by Crippen LogP contribution is -2.42. The molecule has 1 atom stereocenters. The molecule has 1 saturated heterocycles. The van der Waals surface area contributed by atoms with E-state index in [4.69, 9.17) is 16.3 Å². The van der Waals surface area contributed by atoms with Crippen LogP contribution in [0.15, 0.2) is 53.6 Å². The van der Waals surface area contributed by atoms with Crippen LogP contribution in [-0.2, 0) is 6.18 Å². The fourth-order valence-corrected chi connectivity index (χ4v) is 6.25. The van der Waals surface area contributed by atoms with Gasteiger partial charge in [-0.2, -0.15) is 13.2 Å². The third kappa shape index (κ3) is 7.57. The molecule has 1 unspecified atom stereocenters. The van der Waals surface area contributed by atoms with Gasteiger partial charge in [0, 0.05) is 28.6 Å². The molecule has 4 nitrogen and oxygen atoms in total. The fourth-order valence-electron chi connectivity index (χ4n) is 5.15. The number of halogens is 5. The van der Waals surface area contributed by atoms with Gasteiger partial charge in [0.05, 0.1) is 23.2 Å². The van der Waals surface area contributed by atoms with Gasteiger partial charge in [-0.3, -0.25) is 4.98 Å². The number of aliphatic hydroxyl groups is 1. The van der Waals surface area contributed by atoms with Crippen molar-refractivity contribution in [1.82, 2.24) is 9.88 Å². The Kier molecular flexibility index (Phi) is 10.0. The van der Waals surface area contributed by atoms with E-state index in [0.29, 0.717) is 28.6 Å². The molecular weight excluding hydrogens is 552 g/mol. The first-order chi connectivity index (χ1) is 18.6. The van der Waals surface area contributed by atoms with Gasteiger partial charge in [-0.1, -0.05) is 11.6 Å². The molecule has 2 heterocycles. The van der Waals surface area contributed by atoms with Crippen molar-refractivity contribution >= 4 is 34.3 Å². The Labute approximate surface area is 235 Å². The highest BCUT2D eigenvalue weighted by atomic mass is 35.5. The van der Waals surface area contributed by atoms with Crippen LogP contribution in [0.5, 0.6) is 5.75 Å². The molecule has 1 aromatic heterocycles. The van der Waals surface area contributed by atoms with E-state index in [2.05, 4.69) is 9.88 Å². The number of pyridine rings is 1. The van der Waals surface area contributed by atoms with Gasteiger partial charge in [-0.15, -0.1) is 11.8 Å². The SMILES string of the molecule is COc1ccc2ncc(Cl)c(C(F)CCC3(CO)CCN(CCCSc4ccc(C(F)(F)F)cc4)CC3)c2c1. The van der Waals surface area contributed by atoms with E-state index in [-0.39, 0.29) is 23.5 Å². The number of aliphatic hydroxyl groups excluding tert-OH is 1. The van der Waals surface area contributed by atoms with Crippen molar-refractivity contribution < 1.29 is 27.4 Å². The monoisotopic (exact) mass is 584 g/mol. The van der Waals surface area contributed by atoms with Crippen molar-refractivity contribution in [3.8, 4) is 5.75 Å². The molecule has 4 rings (SSSR count). The van der Waals surface area contributed by atoms with Crippen LogP contribution in [0, 0.1) is 5.41 Å². The van der Waals surface area contributed by atoms with Crippen LogP contribution in [-0.4, -0.2) is 54.1 Å². The molecule has 1 N–H and O–H groups in total. The summed E-state index contributed by atoms with van der Waals surface area (Å²) >= 11 is 7.93. The topological polar surface area (TPSA) is 45.6 Å². The number of hydrogen-bond donors (Lipinski definition) is 1. The van der Waals surface area contributed by atoms with Gasteiger partial charge in [0.1, 0.15) is 11.9 Å². The first kappa shape index (κ1) is 29.9. The number of aromatic nitrogens is 1. The standard InChI is InChI=1S/C29H33ClF4N2O2S/c1-38-21-5-8-26-23(17-21)27(24(30)18-35-26)25(31)9-10-28(19-37)11-14-36(15-12-28)13-2-16-39-22-6-3-20(4-7-22)29(32,33)34/h3-8,17-18,25,37H,2,9-16,19H2,1H3. The van der Waals surface area contributed by atoms with E-state index in [9.17, 15) is 18.3 Å². The minimum Gasteiger partial charge on any atom is -0.497 e. The zero-order chi connectivity index (χ0) is 28.0. The number of thioether (sulfide) groups is 1. The second-order valence-electron chi connectivity index (χ2n) is 10.1. The van der Waals surface area contributed by atoms with Crippen molar-refractivity contribution in [2.45, 2.75) is 49.3 Å². The maximum atomic E-state index is 15.6. The molecule has 39 heavy (non-hydrogen) atoms. The highest BCUT2D eigenvalue weighted by molar-refractivity contribution is 7.99. The summed E-state index contributed by atoms with van der Waals surface area (Å²) in [5.41, 5.74) is 0.100. The number of methoxy groups -OCH3 is 1. The third-order valence-electron chi connectivity index (χ3n) is 7.63. The van der Waals surface area contributed by atoms with Gasteiger partial charge < -0.3 is 14.7 Å². The van der Waals surface area contributed by atoms with Crippen molar-refractivity contribution in [3.63, 3.8) is 0 Å². The van der Waals surface area contributed by atoms with E-state index >= 15 is 4.39 Å². The molecule has 0 spiro atoms. The van der Waals surface area contributed by atoms with Gasteiger partial charge in [0.25, 0.3) is 0 Å². The van der Waals surface area contributed by atoms with Crippen LogP contribution in [0.4, 0.5) is 17.6 Å². The first-order valence-electron chi connectivity index (χ1n) is 13.0. The normalized spacial score (nSPS) is 16.9. The minimum atomic E-state index is -4.32. The zero-order valence-electron chi connectivity index (χ0n) is 21.8. The molecule has 10 heteroatoms. The predicted octanol–water partition coefficient (Wildman–Crippen LogP) is 7.96. The highest BCUT2D eigenvalue weighted by Gasteiger charge is 2.35. The molecule has 1 aliphatic rings. The average molecular weight is 585 g/mol. The number of benzene rings is 2. The van der Waals surface area contributed by atoms with E-state index < -0.39 is 17.9 Å². The van der Waals surface area contributed by atoms with Gasteiger partial charge in [0.15, 0.2) is 0 Å². The molecule has 3 aromatic rings. The molecule has 2 aromatic carbocycles. The number of rotatable bonds is 11. The first-order valence-corrected chi connectivity index (χ1v) is 14.4. The van der Waals surface area contributed by atoms with Gasteiger partial charge in [-0.05, 0) is 105 Å². The number of likely N-dealkylation sites (tertiary alicyclic amines) is 1. The van der Waals surface area contributed by atoms with Crippen LogP contribution < -0.4 is 4.74 Å². The molecule has 0 bridgehead atoms. The summed E-state index contributed by atoms with van der Waals surface area (Å²) in [5.74, 6) is 1.42. The number of piperidine rings is 1. The molecular formula is C29H33ClF4N2O2S. The number of ether oxygens (including phenoxy) is 1. The van der Waals surface area contributed by atoms with Crippen molar-refractivity contribution in [1.29, 1.82) is 0 Å². The van der Waals surface area contributed by atoms with E-state index in [1.54, 1.807) is 37.1 Å². The lowest BCUT2D eigenvalue weighted by atomic mass is 9.74. The van der Waals surface area contributed by atoms with Gasteiger partial charge in [0.2, 0.25) is 0 Å². The molecule has 0 radical (unpaired) electrons. The fraction of sp³-hybridized carbons (Fsp3) is 0.483. The summed E-state index contributed by atoms with van der Waals surface area (Å²) < 4.78 is 59.1. The molecule has 0 amide bonds. The Bertz CT molecular complexity index is 1230. The number of alkyl halides is 4. The number of hydrogen-bond acceptors (Lipinski definition) is 5. The highest BCUT2D eigenvalue weighted by Crippen LogP contribution is 2.42. The second kappa shape index (κ2) is 13.1. The average Bonchev–Trinajstić information content (AvgIpc) is 2.94. The largest absolute Gasteiger partial charge is 0.497 e. The Balaban J connectivity index is 1.26. The Morgan fingerprint density at radius 1 is 1.15 bits per heavy atom. The summed E-state index contributed by atoms with van der Waals surface area (Å²) in [4.78, 5) is 7.47. The lowest BCUT2D eigenvalue weighted by Gasteiger charge is -2.41. The molecule has 1 aliphatic heterocycles. The van der Waals surface area contributed by atoms with Gasteiger partial charge >= 0.3 is 6.18 Å². The predicted molar refractivity (Wildman–Crippen MR) is 148 cm³/mol. The second-order valence-corrected chi connectivity index (χ2v) is 11.7.